The molecule has 0 N–H and O–H groups in total. The topological polar surface area (TPSA) is 80.3 Å². The number of benzene rings is 2. The van der Waals surface area contributed by atoms with Gasteiger partial charge in [-0.25, -0.2) is 0 Å². The normalized spacial score (nSPS) is 7.70. The number of hydrogen-bond donors (Lipinski definition) is 0. The zero-order valence-corrected chi connectivity index (χ0v) is 12.9. The second-order valence-electron chi connectivity index (χ2n) is 2.56. The van der Waals surface area contributed by atoms with E-state index in [1.807, 2.05) is 60.7 Å². The van der Waals surface area contributed by atoms with Gasteiger partial charge in [-0.15, -0.1) is 0 Å². The van der Waals surface area contributed by atoms with E-state index in [0.717, 1.165) is 0 Å². The van der Waals surface area contributed by atoms with Crippen LogP contribution in [0.25, 0.3) is 0 Å². The molecule has 2 aromatic rings. The molecular formula is C12H10CuLi2O4S. The molecule has 0 aliphatic rings. The van der Waals surface area contributed by atoms with Crippen molar-refractivity contribution in [2.45, 2.75) is 0 Å². The Kier molecular flexibility index (Phi) is 26.8. The van der Waals surface area contributed by atoms with Crippen molar-refractivity contribution in [3.8, 4) is 0 Å². The second kappa shape index (κ2) is 19.0. The summed E-state index contributed by atoms with van der Waals surface area (Å²) in [6.07, 6.45) is 0. The standard InChI is InChI=1S/2C6H5.Cu.2Li.H2O4S/c2*1-2-4-6-5-3-1;;;;1-5(2,3)4/h2*1-5H;;;;(H2,1,2,3,4)/q2*-1;+2;2*+1;/p-2. The maximum atomic E-state index is 8.52. The molecule has 0 fully saturated rings. The number of rotatable bonds is 0. The van der Waals surface area contributed by atoms with Gasteiger partial charge < -0.3 is 9.11 Å². The van der Waals surface area contributed by atoms with Gasteiger partial charge in [-0.1, -0.05) is 0 Å². The van der Waals surface area contributed by atoms with Crippen molar-refractivity contribution in [3.05, 3.63) is 72.8 Å². The molecule has 0 unspecified atom stereocenters. The van der Waals surface area contributed by atoms with E-state index in [9.17, 15) is 0 Å². The Morgan fingerprint density at radius 3 is 0.900 bits per heavy atom. The van der Waals surface area contributed by atoms with Crippen LogP contribution in [0.4, 0.5) is 0 Å². The molecule has 0 bridgehead atoms. The first-order chi connectivity index (χ1) is 8.00. The summed E-state index contributed by atoms with van der Waals surface area (Å²) in [6.45, 7) is 0. The molecule has 101 valence electrons. The maximum absolute atomic E-state index is 8.52. The van der Waals surface area contributed by atoms with Gasteiger partial charge in [-0.05, 0) is 0 Å². The van der Waals surface area contributed by atoms with Crippen LogP contribution >= 0.6 is 0 Å². The van der Waals surface area contributed by atoms with Gasteiger partial charge in [0, 0.05) is 10.4 Å². The molecule has 0 amide bonds. The molecule has 4 nitrogen and oxygen atoms in total. The SMILES string of the molecule is O=S(=O)([O-])[O-].[Cu+2].[Li+].[Li+].[c-]1ccccc1.[c-]1ccccc1. The van der Waals surface area contributed by atoms with Crippen LogP contribution in [0.15, 0.2) is 60.7 Å². The monoisotopic (exact) mass is 327 g/mol. The zero-order valence-electron chi connectivity index (χ0n) is 11.1. The van der Waals surface area contributed by atoms with Crippen LogP contribution in [0.5, 0.6) is 0 Å². The third-order valence-corrected chi connectivity index (χ3v) is 1.21. The van der Waals surface area contributed by atoms with Crippen molar-refractivity contribution < 1.29 is 72.3 Å². The average Bonchev–Trinajstić information content (AvgIpc) is 2.32. The van der Waals surface area contributed by atoms with Crippen LogP contribution in [0.3, 0.4) is 0 Å². The first-order valence-corrected chi connectivity index (χ1v) is 5.82. The molecule has 0 spiro atoms. The molecule has 0 atom stereocenters. The molecule has 2 aromatic carbocycles. The molecule has 8 heteroatoms. The van der Waals surface area contributed by atoms with E-state index in [1.165, 1.54) is 0 Å². The summed E-state index contributed by atoms with van der Waals surface area (Å²) < 4.78 is 34.1. The molecule has 0 saturated heterocycles. The minimum Gasteiger partial charge on any atom is -0.759 e. The quantitative estimate of drug-likeness (QED) is 0.212. The fourth-order valence-corrected chi connectivity index (χ4v) is 0.684. The molecule has 0 aliphatic carbocycles. The van der Waals surface area contributed by atoms with E-state index < -0.39 is 10.4 Å². The predicted octanol–water partition coefficient (Wildman–Crippen LogP) is -4.36. The Morgan fingerprint density at radius 2 is 0.850 bits per heavy atom. The van der Waals surface area contributed by atoms with Crippen molar-refractivity contribution >= 4 is 10.4 Å². The minimum atomic E-state index is -5.17. The van der Waals surface area contributed by atoms with Gasteiger partial charge in [0.05, 0.1) is 0 Å². The van der Waals surface area contributed by atoms with Gasteiger partial charge in [0.1, 0.15) is 0 Å². The van der Waals surface area contributed by atoms with Crippen LogP contribution in [0, 0.1) is 12.1 Å². The summed E-state index contributed by atoms with van der Waals surface area (Å²) in [5, 5.41) is 0. The third kappa shape index (κ3) is 36.1. The summed E-state index contributed by atoms with van der Waals surface area (Å²) in [7, 11) is -5.17. The van der Waals surface area contributed by atoms with Crippen molar-refractivity contribution in [2.24, 2.45) is 0 Å². The van der Waals surface area contributed by atoms with Crippen molar-refractivity contribution in [2.75, 3.05) is 0 Å². The van der Waals surface area contributed by atoms with E-state index in [1.54, 1.807) is 0 Å². The molecule has 2 rings (SSSR count). The Labute approximate surface area is 154 Å². The van der Waals surface area contributed by atoms with Crippen LogP contribution in [0.2, 0.25) is 0 Å². The summed E-state index contributed by atoms with van der Waals surface area (Å²) in [6, 6.07) is 25.0. The Morgan fingerprint density at radius 1 is 0.650 bits per heavy atom. The Hall–Kier alpha value is 0.0243. The zero-order chi connectivity index (χ0) is 13.0. The van der Waals surface area contributed by atoms with E-state index >= 15 is 0 Å². The summed E-state index contributed by atoms with van der Waals surface area (Å²) in [5.41, 5.74) is 0. The molecule has 0 heterocycles. The van der Waals surface area contributed by atoms with Crippen molar-refractivity contribution in [3.63, 3.8) is 0 Å². The van der Waals surface area contributed by atoms with Gasteiger partial charge in [-0.3, -0.25) is 8.42 Å². The third-order valence-electron chi connectivity index (χ3n) is 1.21. The summed E-state index contributed by atoms with van der Waals surface area (Å²) >= 11 is 0. The molecule has 0 aliphatic heterocycles. The smallest absolute Gasteiger partial charge is 0.759 e. The van der Waals surface area contributed by atoms with Gasteiger partial charge >= 0.3 is 54.8 Å². The molecule has 20 heavy (non-hydrogen) atoms. The van der Waals surface area contributed by atoms with Crippen molar-refractivity contribution in [1.82, 2.24) is 0 Å². The molecule has 1 radical (unpaired) electrons. The van der Waals surface area contributed by atoms with E-state index in [2.05, 4.69) is 12.1 Å². The molecule has 0 aromatic heterocycles. The van der Waals surface area contributed by atoms with Gasteiger partial charge in [0.25, 0.3) is 0 Å². The first kappa shape index (κ1) is 28.2. The van der Waals surface area contributed by atoms with Crippen LogP contribution in [0.1, 0.15) is 0 Å². The number of hydrogen-bond acceptors (Lipinski definition) is 4. The predicted molar refractivity (Wildman–Crippen MR) is 61.0 cm³/mol. The minimum absolute atomic E-state index is 0. The van der Waals surface area contributed by atoms with Gasteiger partial charge in [0.15, 0.2) is 0 Å². The summed E-state index contributed by atoms with van der Waals surface area (Å²) in [4.78, 5) is 0. The fraction of sp³-hybridized carbons (Fsp3) is 0. The van der Waals surface area contributed by atoms with Gasteiger partial charge in [0.2, 0.25) is 0 Å². The van der Waals surface area contributed by atoms with Crippen molar-refractivity contribution in [1.29, 1.82) is 0 Å². The molecule has 0 saturated carbocycles. The maximum Gasteiger partial charge on any atom is 2.00 e. The van der Waals surface area contributed by atoms with Gasteiger partial charge in [-0.2, -0.15) is 72.8 Å². The average molecular weight is 328 g/mol. The largest absolute Gasteiger partial charge is 2.00 e. The van der Waals surface area contributed by atoms with Crippen LogP contribution in [-0.4, -0.2) is 17.5 Å². The Balaban J connectivity index is -0.0000000899. The first-order valence-electron chi connectivity index (χ1n) is 4.49. The van der Waals surface area contributed by atoms with E-state index in [0.29, 0.717) is 0 Å². The van der Waals surface area contributed by atoms with Crippen LogP contribution < -0.4 is 37.7 Å². The molecular weight excluding hydrogens is 318 g/mol. The fourth-order valence-electron chi connectivity index (χ4n) is 0.684. The van der Waals surface area contributed by atoms with E-state index in [4.69, 9.17) is 17.5 Å². The summed E-state index contributed by atoms with van der Waals surface area (Å²) in [5.74, 6) is 0. The second-order valence-corrected chi connectivity index (χ2v) is 3.38. The van der Waals surface area contributed by atoms with Crippen LogP contribution in [-0.2, 0) is 27.5 Å². The Bertz CT molecular complexity index is 376. The van der Waals surface area contributed by atoms with E-state index in [-0.39, 0.29) is 54.8 Å².